The Kier molecular flexibility index (Phi) is 6.71. The van der Waals surface area contributed by atoms with Crippen LogP contribution in [0.5, 0.6) is 0 Å². The zero-order valence-corrected chi connectivity index (χ0v) is 12.3. The summed E-state index contributed by atoms with van der Waals surface area (Å²) in [7, 11) is 1.94. The quantitative estimate of drug-likeness (QED) is 0.919. The van der Waals surface area contributed by atoms with E-state index in [9.17, 15) is 4.79 Å². The third-order valence-electron chi connectivity index (χ3n) is 3.73. The van der Waals surface area contributed by atoms with Crippen LogP contribution in [0.4, 0.5) is 5.69 Å². The minimum absolute atomic E-state index is 0. The fourth-order valence-electron chi connectivity index (χ4n) is 2.53. The van der Waals surface area contributed by atoms with Crippen molar-refractivity contribution >= 4 is 24.0 Å². The molecular weight excluding hydrogens is 260 g/mol. The molecule has 0 atom stereocenters. The van der Waals surface area contributed by atoms with E-state index in [1.165, 1.54) is 19.3 Å². The van der Waals surface area contributed by atoms with E-state index in [0.29, 0.717) is 12.6 Å². The molecule has 0 bridgehead atoms. The summed E-state index contributed by atoms with van der Waals surface area (Å²) < 4.78 is 0. The van der Waals surface area contributed by atoms with E-state index in [0.717, 1.165) is 18.5 Å². The highest BCUT2D eigenvalue weighted by Gasteiger charge is 2.21. The second-order valence-corrected chi connectivity index (χ2v) is 5.02. The molecule has 3 nitrogen and oxygen atoms in total. The third-order valence-corrected chi connectivity index (χ3v) is 3.73. The Hall–Kier alpha value is -1.22. The summed E-state index contributed by atoms with van der Waals surface area (Å²) in [4.78, 5) is 14.0. The number of nitrogens with zero attached hydrogens (tertiary/aromatic N) is 1. The monoisotopic (exact) mass is 282 g/mol. The average molecular weight is 283 g/mol. The van der Waals surface area contributed by atoms with E-state index in [4.69, 9.17) is 0 Å². The van der Waals surface area contributed by atoms with Crippen LogP contribution >= 0.6 is 12.4 Å². The van der Waals surface area contributed by atoms with Crippen LogP contribution in [-0.4, -0.2) is 30.4 Å². The first-order chi connectivity index (χ1) is 8.77. The number of para-hydroxylation sites is 1. The Bertz CT molecular complexity index is 377. The standard InChI is InChI=1S/C15H22N2O.ClH/c1-17(14-10-6-3-7-11-14)15(18)12-16-13-8-4-2-5-9-13;/h2,4-5,8-9,14,16H,3,6-7,10-12H2,1H3;1H. The van der Waals surface area contributed by atoms with E-state index >= 15 is 0 Å². The summed E-state index contributed by atoms with van der Waals surface area (Å²) in [5.74, 6) is 0.186. The van der Waals surface area contributed by atoms with Crippen molar-refractivity contribution in [3.05, 3.63) is 30.3 Å². The van der Waals surface area contributed by atoms with Crippen LogP contribution in [0.15, 0.2) is 30.3 Å². The summed E-state index contributed by atoms with van der Waals surface area (Å²) in [6.07, 6.45) is 6.16. The highest BCUT2D eigenvalue weighted by Crippen LogP contribution is 2.21. The molecule has 1 aliphatic rings. The van der Waals surface area contributed by atoms with Gasteiger partial charge in [0.2, 0.25) is 5.91 Å². The van der Waals surface area contributed by atoms with Crippen LogP contribution in [0.25, 0.3) is 0 Å². The molecule has 4 heteroatoms. The fourth-order valence-corrected chi connectivity index (χ4v) is 2.53. The molecule has 1 fully saturated rings. The average Bonchev–Trinajstić information content (AvgIpc) is 2.46. The number of amides is 1. The Labute approximate surface area is 121 Å². The maximum absolute atomic E-state index is 12.1. The molecule has 0 radical (unpaired) electrons. The number of anilines is 1. The van der Waals surface area contributed by atoms with Gasteiger partial charge in [0.25, 0.3) is 0 Å². The van der Waals surface area contributed by atoms with Gasteiger partial charge in [0.15, 0.2) is 0 Å². The number of likely N-dealkylation sites (N-methyl/N-ethyl adjacent to an activating group) is 1. The Morgan fingerprint density at radius 1 is 1.21 bits per heavy atom. The smallest absolute Gasteiger partial charge is 0.241 e. The van der Waals surface area contributed by atoms with Crippen molar-refractivity contribution in [1.29, 1.82) is 0 Å². The largest absolute Gasteiger partial charge is 0.376 e. The van der Waals surface area contributed by atoms with Gasteiger partial charge in [-0.25, -0.2) is 0 Å². The summed E-state index contributed by atoms with van der Waals surface area (Å²) in [5.41, 5.74) is 1.00. The van der Waals surface area contributed by atoms with Gasteiger partial charge < -0.3 is 10.2 Å². The first kappa shape index (κ1) is 15.8. The van der Waals surface area contributed by atoms with Crippen LogP contribution in [-0.2, 0) is 4.79 Å². The minimum atomic E-state index is 0. The molecule has 1 N–H and O–H groups in total. The van der Waals surface area contributed by atoms with Crippen molar-refractivity contribution in [3.8, 4) is 0 Å². The van der Waals surface area contributed by atoms with Crippen LogP contribution in [0.1, 0.15) is 32.1 Å². The lowest BCUT2D eigenvalue weighted by molar-refractivity contribution is -0.130. The molecule has 19 heavy (non-hydrogen) atoms. The number of carbonyl (C=O) groups is 1. The van der Waals surface area contributed by atoms with Gasteiger partial charge >= 0.3 is 0 Å². The van der Waals surface area contributed by atoms with Crippen LogP contribution in [0, 0.1) is 0 Å². The highest BCUT2D eigenvalue weighted by atomic mass is 35.5. The predicted octanol–water partition coefficient (Wildman–Crippen LogP) is 3.31. The van der Waals surface area contributed by atoms with E-state index in [2.05, 4.69) is 5.32 Å². The highest BCUT2D eigenvalue weighted by molar-refractivity contribution is 5.85. The molecule has 106 valence electrons. The number of rotatable bonds is 4. The van der Waals surface area contributed by atoms with Crippen molar-refractivity contribution < 1.29 is 4.79 Å². The molecule has 1 aromatic rings. The van der Waals surface area contributed by atoms with Gasteiger partial charge in [0, 0.05) is 18.8 Å². The fraction of sp³-hybridized carbons (Fsp3) is 0.533. The van der Waals surface area contributed by atoms with Crippen molar-refractivity contribution in [2.24, 2.45) is 0 Å². The number of nitrogens with one attached hydrogen (secondary N) is 1. The van der Waals surface area contributed by atoms with E-state index in [-0.39, 0.29) is 18.3 Å². The summed E-state index contributed by atoms with van der Waals surface area (Å²) in [5, 5.41) is 3.17. The molecular formula is C15H23ClN2O. The molecule has 1 aliphatic carbocycles. The summed E-state index contributed by atoms with van der Waals surface area (Å²) in [6.45, 7) is 0.386. The van der Waals surface area contributed by atoms with E-state index in [1.54, 1.807) is 0 Å². The second-order valence-electron chi connectivity index (χ2n) is 5.02. The first-order valence-electron chi connectivity index (χ1n) is 6.82. The van der Waals surface area contributed by atoms with Crippen LogP contribution < -0.4 is 5.32 Å². The SMILES string of the molecule is CN(C(=O)CNc1ccccc1)C1CCCCC1.Cl. The Morgan fingerprint density at radius 3 is 2.47 bits per heavy atom. The van der Waals surface area contributed by atoms with Gasteiger partial charge in [0.05, 0.1) is 6.54 Å². The molecule has 1 amide bonds. The molecule has 1 aromatic carbocycles. The molecule has 0 spiro atoms. The Balaban J connectivity index is 0.00000180. The van der Waals surface area contributed by atoms with Gasteiger partial charge in [-0.2, -0.15) is 0 Å². The molecule has 0 aromatic heterocycles. The van der Waals surface area contributed by atoms with Gasteiger partial charge in [0.1, 0.15) is 0 Å². The summed E-state index contributed by atoms with van der Waals surface area (Å²) in [6, 6.07) is 10.3. The zero-order valence-electron chi connectivity index (χ0n) is 11.5. The molecule has 0 saturated heterocycles. The maximum atomic E-state index is 12.1. The van der Waals surface area contributed by atoms with E-state index in [1.807, 2.05) is 42.3 Å². The number of carbonyl (C=O) groups excluding carboxylic acids is 1. The molecule has 0 unspecified atom stereocenters. The number of halogens is 1. The number of benzene rings is 1. The maximum Gasteiger partial charge on any atom is 0.241 e. The Morgan fingerprint density at radius 2 is 1.84 bits per heavy atom. The molecule has 0 aliphatic heterocycles. The topological polar surface area (TPSA) is 32.3 Å². The van der Waals surface area contributed by atoms with Crippen LogP contribution in [0.2, 0.25) is 0 Å². The van der Waals surface area contributed by atoms with Crippen molar-refractivity contribution in [2.75, 3.05) is 18.9 Å². The van der Waals surface area contributed by atoms with Gasteiger partial charge in [-0.3, -0.25) is 4.79 Å². The lowest BCUT2D eigenvalue weighted by Crippen LogP contribution is -2.41. The van der Waals surface area contributed by atoms with Gasteiger partial charge in [-0.15, -0.1) is 12.4 Å². The second kappa shape index (κ2) is 8.05. The van der Waals surface area contributed by atoms with Crippen molar-refractivity contribution in [3.63, 3.8) is 0 Å². The summed E-state index contributed by atoms with van der Waals surface area (Å²) >= 11 is 0. The van der Waals surface area contributed by atoms with Gasteiger partial charge in [-0.1, -0.05) is 37.5 Å². The van der Waals surface area contributed by atoms with Crippen molar-refractivity contribution in [2.45, 2.75) is 38.1 Å². The normalized spacial score (nSPS) is 15.4. The zero-order chi connectivity index (χ0) is 12.8. The lowest BCUT2D eigenvalue weighted by atomic mass is 9.94. The predicted molar refractivity (Wildman–Crippen MR) is 81.8 cm³/mol. The minimum Gasteiger partial charge on any atom is -0.376 e. The third kappa shape index (κ3) is 4.75. The first-order valence-corrected chi connectivity index (χ1v) is 6.82. The lowest BCUT2D eigenvalue weighted by Gasteiger charge is -2.31. The van der Waals surface area contributed by atoms with Gasteiger partial charge in [-0.05, 0) is 25.0 Å². The number of hydrogen-bond donors (Lipinski definition) is 1. The van der Waals surface area contributed by atoms with E-state index < -0.39 is 0 Å². The molecule has 1 saturated carbocycles. The molecule has 0 heterocycles. The molecule has 2 rings (SSSR count). The van der Waals surface area contributed by atoms with Crippen LogP contribution in [0.3, 0.4) is 0 Å². The van der Waals surface area contributed by atoms with Crippen molar-refractivity contribution in [1.82, 2.24) is 4.90 Å². The number of hydrogen-bond acceptors (Lipinski definition) is 2.